The Hall–Kier alpha value is -1.16. The molecule has 1 aromatic carbocycles. The van der Waals surface area contributed by atoms with Gasteiger partial charge in [-0.2, -0.15) is 5.10 Å². The second-order valence-corrected chi connectivity index (χ2v) is 4.81. The van der Waals surface area contributed by atoms with Gasteiger partial charge in [-0.25, -0.2) is 5.43 Å². The molecule has 0 aliphatic carbocycles. The van der Waals surface area contributed by atoms with Gasteiger partial charge in [0.1, 0.15) is 0 Å². The third-order valence-corrected chi connectivity index (χ3v) is 2.88. The van der Waals surface area contributed by atoms with Gasteiger partial charge in [0.05, 0.1) is 0 Å². The van der Waals surface area contributed by atoms with Crippen molar-refractivity contribution in [3.05, 3.63) is 34.3 Å². The monoisotopic (exact) mass is 296 g/mol. The molecular formula is C13H17BrN2O. The van der Waals surface area contributed by atoms with Crippen molar-refractivity contribution in [1.82, 2.24) is 5.43 Å². The molecule has 0 bridgehead atoms. The van der Waals surface area contributed by atoms with Crippen LogP contribution >= 0.6 is 15.9 Å². The van der Waals surface area contributed by atoms with Crippen molar-refractivity contribution in [1.29, 1.82) is 0 Å². The van der Waals surface area contributed by atoms with Gasteiger partial charge < -0.3 is 0 Å². The summed E-state index contributed by atoms with van der Waals surface area (Å²) in [5.74, 6) is -0.173. The van der Waals surface area contributed by atoms with Crippen LogP contribution in [0.4, 0.5) is 0 Å². The van der Waals surface area contributed by atoms with E-state index < -0.39 is 0 Å². The van der Waals surface area contributed by atoms with Gasteiger partial charge in [-0.1, -0.05) is 29.3 Å². The number of halogens is 1. The predicted molar refractivity (Wildman–Crippen MR) is 74.2 cm³/mol. The van der Waals surface area contributed by atoms with Crippen molar-refractivity contribution in [2.24, 2.45) is 5.10 Å². The summed E-state index contributed by atoms with van der Waals surface area (Å²) in [6.45, 7) is 4.06. The molecule has 1 N–H and O–H groups in total. The molecule has 0 atom stereocenters. The van der Waals surface area contributed by atoms with Crippen LogP contribution in [-0.4, -0.2) is 11.6 Å². The van der Waals surface area contributed by atoms with Crippen molar-refractivity contribution < 1.29 is 4.79 Å². The van der Waals surface area contributed by atoms with Gasteiger partial charge in [0.15, 0.2) is 0 Å². The SMILES string of the molecule is CCCC/C(C)=N/NC(=O)c1ccc(Br)cc1. The zero-order valence-electron chi connectivity index (χ0n) is 10.2. The van der Waals surface area contributed by atoms with E-state index in [1.165, 1.54) is 0 Å². The third kappa shape index (κ3) is 5.13. The van der Waals surface area contributed by atoms with E-state index >= 15 is 0 Å². The zero-order valence-corrected chi connectivity index (χ0v) is 11.8. The Kier molecular flexibility index (Phi) is 5.91. The maximum Gasteiger partial charge on any atom is 0.271 e. The molecule has 3 nitrogen and oxygen atoms in total. The Balaban J connectivity index is 2.52. The molecule has 0 aromatic heterocycles. The van der Waals surface area contributed by atoms with Crippen molar-refractivity contribution in [3.8, 4) is 0 Å². The summed E-state index contributed by atoms with van der Waals surface area (Å²) in [7, 11) is 0. The summed E-state index contributed by atoms with van der Waals surface area (Å²) < 4.78 is 0.955. The fourth-order valence-electron chi connectivity index (χ4n) is 1.30. The molecule has 0 spiro atoms. The molecule has 92 valence electrons. The maximum atomic E-state index is 11.7. The van der Waals surface area contributed by atoms with Gasteiger partial charge in [0, 0.05) is 15.7 Å². The molecular weight excluding hydrogens is 280 g/mol. The molecule has 0 heterocycles. The van der Waals surface area contributed by atoms with Crippen molar-refractivity contribution >= 4 is 27.5 Å². The lowest BCUT2D eigenvalue weighted by Crippen LogP contribution is -2.18. The largest absolute Gasteiger partial charge is 0.271 e. The quantitative estimate of drug-likeness (QED) is 0.652. The Labute approximate surface area is 110 Å². The number of benzene rings is 1. The average molecular weight is 297 g/mol. The number of carbonyl (C=O) groups is 1. The highest BCUT2D eigenvalue weighted by molar-refractivity contribution is 9.10. The van der Waals surface area contributed by atoms with Gasteiger partial charge >= 0.3 is 0 Å². The van der Waals surface area contributed by atoms with Crippen LogP contribution in [-0.2, 0) is 0 Å². The van der Waals surface area contributed by atoms with E-state index in [1.807, 2.05) is 19.1 Å². The Morgan fingerprint density at radius 3 is 2.59 bits per heavy atom. The van der Waals surface area contributed by atoms with E-state index in [0.717, 1.165) is 29.4 Å². The molecule has 0 fully saturated rings. The van der Waals surface area contributed by atoms with E-state index in [4.69, 9.17) is 0 Å². The van der Waals surface area contributed by atoms with Crippen LogP contribution in [0.5, 0.6) is 0 Å². The summed E-state index contributed by atoms with van der Waals surface area (Å²) in [4.78, 5) is 11.7. The predicted octanol–water partition coefficient (Wildman–Crippen LogP) is 3.75. The number of unbranched alkanes of at least 4 members (excludes halogenated alkanes) is 1. The summed E-state index contributed by atoms with van der Waals surface area (Å²) in [6, 6.07) is 7.19. The highest BCUT2D eigenvalue weighted by atomic mass is 79.9. The number of hydrazone groups is 1. The average Bonchev–Trinajstić information content (AvgIpc) is 2.34. The second kappa shape index (κ2) is 7.22. The van der Waals surface area contributed by atoms with Crippen molar-refractivity contribution in [3.63, 3.8) is 0 Å². The van der Waals surface area contributed by atoms with Crippen LogP contribution in [0, 0.1) is 0 Å². The van der Waals surface area contributed by atoms with Crippen LogP contribution in [0.2, 0.25) is 0 Å². The second-order valence-electron chi connectivity index (χ2n) is 3.90. The lowest BCUT2D eigenvalue weighted by molar-refractivity contribution is 0.0954. The summed E-state index contributed by atoms with van der Waals surface area (Å²) >= 11 is 3.33. The molecule has 1 amide bonds. The van der Waals surface area contributed by atoms with Crippen LogP contribution < -0.4 is 5.43 Å². The van der Waals surface area contributed by atoms with E-state index in [0.29, 0.717) is 5.56 Å². The van der Waals surface area contributed by atoms with E-state index in [9.17, 15) is 4.79 Å². The number of amides is 1. The summed E-state index contributed by atoms with van der Waals surface area (Å²) in [5.41, 5.74) is 4.13. The summed E-state index contributed by atoms with van der Waals surface area (Å²) in [5, 5.41) is 4.07. The minimum atomic E-state index is -0.173. The maximum absolute atomic E-state index is 11.7. The van der Waals surface area contributed by atoms with Gasteiger partial charge in [-0.05, 0) is 44.0 Å². The first-order valence-corrected chi connectivity index (χ1v) is 6.52. The molecule has 1 aromatic rings. The van der Waals surface area contributed by atoms with Crippen molar-refractivity contribution in [2.45, 2.75) is 33.1 Å². The minimum Gasteiger partial charge on any atom is -0.267 e. The molecule has 17 heavy (non-hydrogen) atoms. The Morgan fingerprint density at radius 1 is 1.35 bits per heavy atom. The van der Waals surface area contributed by atoms with Gasteiger partial charge in [0.2, 0.25) is 0 Å². The number of rotatable bonds is 5. The van der Waals surface area contributed by atoms with Gasteiger partial charge in [-0.15, -0.1) is 0 Å². The number of hydrogen-bond donors (Lipinski definition) is 1. The molecule has 0 unspecified atom stereocenters. The van der Waals surface area contributed by atoms with E-state index in [1.54, 1.807) is 12.1 Å². The lowest BCUT2D eigenvalue weighted by Gasteiger charge is -2.02. The number of nitrogens with zero attached hydrogens (tertiary/aromatic N) is 1. The minimum absolute atomic E-state index is 0.173. The highest BCUT2D eigenvalue weighted by Crippen LogP contribution is 2.10. The fourth-order valence-corrected chi connectivity index (χ4v) is 1.56. The first kappa shape index (κ1) is 13.9. The van der Waals surface area contributed by atoms with Gasteiger partial charge in [0.25, 0.3) is 5.91 Å². The molecule has 0 saturated heterocycles. The van der Waals surface area contributed by atoms with Gasteiger partial charge in [-0.3, -0.25) is 4.79 Å². The molecule has 0 saturated carbocycles. The van der Waals surface area contributed by atoms with Crippen LogP contribution in [0.3, 0.4) is 0 Å². The molecule has 1 rings (SSSR count). The van der Waals surface area contributed by atoms with Crippen LogP contribution in [0.15, 0.2) is 33.8 Å². The summed E-state index contributed by atoms with van der Waals surface area (Å²) in [6.07, 6.45) is 3.16. The fraction of sp³-hybridized carbons (Fsp3) is 0.385. The van der Waals surface area contributed by atoms with Crippen molar-refractivity contribution in [2.75, 3.05) is 0 Å². The van der Waals surface area contributed by atoms with E-state index in [-0.39, 0.29) is 5.91 Å². The smallest absolute Gasteiger partial charge is 0.267 e. The first-order chi connectivity index (χ1) is 8.13. The van der Waals surface area contributed by atoms with E-state index in [2.05, 4.69) is 33.4 Å². The molecule has 0 aliphatic heterocycles. The number of hydrogen-bond acceptors (Lipinski definition) is 2. The molecule has 0 radical (unpaired) electrons. The number of nitrogens with one attached hydrogen (secondary N) is 1. The van der Waals surface area contributed by atoms with Crippen LogP contribution in [0.1, 0.15) is 43.5 Å². The standard InChI is InChI=1S/C13H17BrN2O/c1-3-4-5-10(2)15-16-13(17)11-6-8-12(14)9-7-11/h6-9H,3-5H2,1-2H3,(H,16,17)/b15-10+. The molecule has 4 heteroatoms. The topological polar surface area (TPSA) is 41.5 Å². The Morgan fingerprint density at radius 2 is 2.00 bits per heavy atom. The lowest BCUT2D eigenvalue weighted by atomic mass is 10.2. The van der Waals surface area contributed by atoms with Crippen LogP contribution in [0.25, 0.3) is 0 Å². The number of carbonyl (C=O) groups excluding carboxylic acids is 1. The zero-order chi connectivity index (χ0) is 12.7. The third-order valence-electron chi connectivity index (χ3n) is 2.35. The normalized spacial score (nSPS) is 11.4. The molecule has 0 aliphatic rings. The Bertz CT molecular complexity index is 398. The highest BCUT2D eigenvalue weighted by Gasteiger charge is 2.03. The first-order valence-electron chi connectivity index (χ1n) is 5.72.